The molecule has 1 heterocycles. The molecule has 0 aliphatic carbocycles. The van der Waals surface area contributed by atoms with Crippen LogP contribution in [0.4, 0.5) is 0 Å². The lowest BCUT2D eigenvalue weighted by Gasteiger charge is -2.32. The van der Waals surface area contributed by atoms with Crippen LogP contribution in [0.15, 0.2) is 24.3 Å². The molecule has 0 amide bonds. The number of nitrogens with zero attached hydrogens (tertiary/aromatic N) is 1. The maximum absolute atomic E-state index is 11.2. The molecule has 1 atom stereocenters. The van der Waals surface area contributed by atoms with Crippen LogP contribution < -0.4 is 5.32 Å². The molecule has 4 heteroatoms. The fourth-order valence-corrected chi connectivity index (χ4v) is 2.86. The SMILES string of the molecule is CNCC1CCCN(Cc2ccccc2C(=O)O)C1. The second-order valence-electron chi connectivity index (χ2n) is 5.26. The predicted octanol–water partition coefficient (Wildman–Crippen LogP) is 1.82. The van der Waals surface area contributed by atoms with E-state index in [4.69, 9.17) is 0 Å². The number of likely N-dealkylation sites (tertiary alicyclic amines) is 1. The van der Waals surface area contributed by atoms with Gasteiger partial charge in [0.25, 0.3) is 0 Å². The number of carbonyl (C=O) groups is 1. The van der Waals surface area contributed by atoms with Gasteiger partial charge in [0.05, 0.1) is 5.56 Å². The molecule has 1 unspecified atom stereocenters. The van der Waals surface area contributed by atoms with E-state index in [2.05, 4.69) is 10.2 Å². The van der Waals surface area contributed by atoms with Crippen molar-refractivity contribution in [2.24, 2.45) is 5.92 Å². The number of nitrogens with one attached hydrogen (secondary N) is 1. The van der Waals surface area contributed by atoms with Gasteiger partial charge in [-0.1, -0.05) is 18.2 Å². The Balaban J connectivity index is 2.02. The first-order chi connectivity index (χ1) is 9.20. The largest absolute Gasteiger partial charge is 0.478 e. The van der Waals surface area contributed by atoms with Crippen LogP contribution in [-0.2, 0) is 6.54 Å². The van der Waals surface area contributed by atoms with Gasteiger partial charge < -0.3 is 10.4 Å². The third-order valence-corrected chi connectivity index (χ3v) is 3.74. The molecular formula is C15H22N2O2. The van der Waals surface area contributed by atoms with Gasteiger partial charge in [0.15, 0.2) is 0 Å². The Morgan fingerprint density at radius 3 is 3.00 bits per heavy atom. The number of hydrogen-bond donors (Lipinski definition) is 2. The summed E-state index contributed by atoms with van der Waals surface area (Å²) in [4.78, 5) is 13.6. The van der Waals surface area contributed by atoms with Gasteiger partial charge in [-0.15, -0.1) is 0 Å². The van der Waals surface area contributed by atoms with Crippen molar-refractivity contribution in [3.63, 3.8) is 0 Å². The maximum Gasteiger partial charge on any atom is 0.336 e. The van der Waals surface area contributed by atoms with Gasteiger partial charge in [0.1, 0.15) is 0 Å². The standard InChI is InChI=1S/C15H22N2O2/c1-16-9-12-5-4-8-17(10-12)11-13-6-2-3-7-14(13)15(18)19/h2-3,6-7,12,16H,4-5,8-11H2,1H3,(H,18,19). The molecule has 4 nitrogen and oxygen atoms in total. The number of carboxylic acid groups (broad SMARTS) is 1. The quantitative estimate of drug-likeness (QED) is 0.850. The number of aromatic carboxylic acids is 1. The van der Waals surface area contributed by atoms with Gasteiger partial charge in [-0.25, -0.2) is 4.79 Å². The van der Waals surface area contributed by atoms with Crippen LogP contribution in [0.3, 0.4) is 0 Å². The Hall–Kier alpha value is -1.39. The molecule has 0 aromatic heterocycles. The zero-order valence-electron chi connectivity index (χ0n) is 11.4. The van der Waals surface area contributed by atoms with Crippen molar-refractivity contribution in [1.82, 2.24) is 10.2 Å². The van der Waals surface area contributed by atoms with Gasteiger partial charge in [-0.3, -0.25) is 4.90 Å². The van der Waals surface area contributed by atoms with Gasteiger partial charge in [-0.05, 0) is 50.5 Å². The lowest BCUT2D eigenvalue weighted by atomic mass is 9.97. The minimum Gasteiger partial charge on any atom is -0.478 e. The van der Waals surface area contributed by atoms with Crippen LogP contribution in [0, 0.1) is 5.92 Å². The molecule has 1 aromatic rings. The van der Waals surface area contributed by atoms with Crippen molar-refractivity contribution in [2.75, 3.05) is 26.7 Å². The van der Waals surface area contributed by atoms with E-state index in [1.165, 1.54) is 12.8 Å². The number of carboxylic acids is 1. The first-order valence-electron chi connectivity index (χ1n) is 6.89. The highest BCUT2D eigenvalue weighted by Gasteiger charge is 2.20. The lowest BCUT2D eigenvalue weighted by Crippen LogP contribution is -2.38. The molecular weight excluding hydrogens is 240 g/mol. The number of benzene rings is 1. The van der Waals surface area contributed by atoms with Crippen LogP contribution in [-0.4, -0.2) is 42.7 Å². The fraction of sp³-hybridized carbons (Fsp3) is 0.533. The topological polar surface area (TPSA) is 52.6 Å². The summed E-state index contributed by atoms with van der Waals surface area (Å²) in [6.45, 7) is 3.89. The summed E-state index contributed by atoms with van der Waals surface area (Å²) < 4.78 is 0. The molecule has 1 aliphatic heterocycles. The molecule has 1 aliphatic rings. The Labute approximate surface area is 114 Å². The van der Waals surface area contributed by atoms with Gasteiger partial charge in [0, 0.05) is 13.1 Å². The Kier molecular flexibility index (Phi) is 4.93. The number of piperidine rings is 1. The third-order valence-electron chi connectivity index (χ3n) is 3.74. The molecule has 0 bridgehead atoms. The van der Waals surface area contributed by atoms with Crippen molar-refractivity contribution in [3.05, 3.63) is 35.4 Å². The second kappa shape index (κ2) is 6.68. The molecule has 1 fully saturated rings. The van der Waals surface area contributed by atoms with Crippen LogP contribution >= 0.6 is 0 Å². The lowest BCUT2D eigenvalue weighted by molar-refractivity contribution is 0.0693. The van der Waals surface area contributed by atoms with E-state index in [0.29, 0.717) is 11.5 Å². The van der Waals surface area contributed by atoms with Crippen LogP contribution in [0.25, 0.3) is 0 Å². The summed E-state index contributed by atoms with van der Waals surface area (Å²) in [6.07, 6.45) is 2.46. The first kappa shape index (κ1) is 14.0. The number of rotatable bonds is 5. The van der Waals surface area contributed by atoms with E-state index in [-0.39, 0.29) is 0 Å². The Bertz CT molecular complexity index is 432. The molecule has 1 saturated heterocycles. The molecule has 104 valence electrons. The monoisotopic (exact) mass is 262 g/mol. The van der Waals surface area contributed by atoms with Crippen LogP contribution in [0.5, 0.6) is 0 Å². The summed E-state index contributed by atoms with van der Waals surface area (Å²) in [6, 6.07) is 7.31. The van der Waals surface area contributed by atoms with E-state index in [9.17, 15) is 9.90 Å². The predicted molar refractivity (Wildman–Crippen MR) is 75.3 cm³/mol. The summed E-state index contributed by atoms with van der Waals surface area (Å²) in [7, 11) is 1.98. The molecule has 0 radical (unpaired) electrons. The average molecular weight is 262 g/mol. The van der Waals surface area contributed by atoms with E-state index in [1.807, 2.05) is 19.2 Å². The third kappa shape index (κ3) is 3.78. The number of hydrogen-bond acceptors (Lipinski definition) is 3. The van der Waals surface area contributed by atoms with Crippen LogP contribution in [0.2, 0.25) is 0 Å². The second-order valence-corrected chi connectivity index (χ2v) is 5.26. The zero-order chi connectivity index (χ0) is 13.7. The van der Waals surface area contributed by atoms with E-state index in [0.717, 1.165) is 31.7 Å². The smallest absolute Gasteiger partial charge is 0.336 e. The Morgan fingerprint density at radius 2 is 2.26 bits per heavy atom. The van der Waals surface area contributed by atoms with E-state index < -0.39 is 5.97 Å². The summed E-state index contributed by atoms with van der Waals surface area (Å²) >= 11 is 0. The summed E-state index contributed by atoms with van der Waals surface area (Å²) in [5.41, 5.74) is 1.35. The van der Waals surface area contributed by atoms with Crippen molar-refractivity contribution in [1.29, 1.82) is 0 Å². The zero-order valence-corrected chi connectivity index (χ0v) is 11.4. The molecule has 2 rings (SSSR count). The van der Waals surface area contributed by atoms with Crippen molar-refractivity contribution < 1.29 is 9.90 Å². The van der Waals surface area contributed by atoms with E-state index >= 15 is 0 Å². The molecule has 2 N–H and O–H groups in total. The minimum absolute atomic E-state index is 0.429. The minimum atomic E-state index is -0.834. The molecule has 0 spiro atoms. The summed E-state index contributed by atoms with van der Waals surface area (Å²) in [5, 5.41) is 12.4. The highest BCUT2D eigenvalue weighted by molar-refractivity contribution is 5.89. The van der Waals surface area contributed by atoms with Gasteiger partial charge in [0.2, 0.25) is 0 Å². The van der Waals surface area contributed by atoms with Crippen molar-refractivity contribution in [2.45, 2.75) is 19.4 Å². The van der Waals surface area contributed by atoms with Crippen molar-refractivity contribution in [3.8, 4) is 0 Å². The molecule has 0 saturated carbocycles. The van der Waals surface area contributed by atoms with Crippen LogP contribution in [0.1, 0.15) is 28.8 Å². The molecule has 19 heavy (non-hydrogen) atoms. The van der Waals surface area contributed by atoms with Crippen molar-refractivity contribution >= 4 is 5.97 Å². The van der Waals surface area contributed by atoms with E-state index in [1.54, 1.807) is 12.1 Å². The normalized spacial score (nSPS) is 20.4. The molecule has 1 aromatic carbocycles. The first-order valence-corrected chi connectivity index (χ1v) is 6.89. The maximum atomic E-state index is 11.2. The highest BCUT2D eigenvalue weighted by Crippen LogP contribution is 2.19. The highest BCUT2D eigenvalue weighted by atomic mass is 16.4. The Morgan fingerprint density at radius 1 is 1.47 bits per heavy atom. The fourth-order valence-electron chi connectivity index (χ4n) is 2.86. The van der Waals surface area contributed by atoms with Gasteiger partial charge in [-0.2, -0.15) is 0 Å². The van der Waals surface area contributed by atoms with Gasteiger partial charge >= 0.3 is 5.97 Å². The summed E-state index contributed by atoms with van der Waals surface area (Å²) in [5.74, 6) is -0.157. The average Bonchev–Trinajstić information content (AvgIpc) is 2.40.